The summed E-state index contributed by atoms with van der Waals surface area (Å²) in [7, 11) is 1.71. The second-order valence-electron chi connectivity index (χ2n) is 5.38. The van der Waals surface area contributed by atoms with Crippen molar-refractivity contribution >= 4 is 0 Å². The molecule has 0 spiro atoms. The summed E-state index contributed by atoms with van der Waals surface area (Å²) in [5.41, 5.74) is 2.55. The number of methoxy groups -OCH3 is 1. The Bertz CT molecular complexity index is 606. The van der Waals surface area contributed by atoms with E-state index in [-0.39, 0.29) is 6.04 Å². The smallest absolute Gasteiger partial charge is 0.123 e. The lowest BCUT2D eigenvalue weighted by atomic mass is 10.1. The molecule has 1 aliphatic heterocycles. The van der Waals surface area contributed by atoms with E-state index in [0.717, 1.165) is 36.8 Å². The van der Waals surface area contributed by atoms with Crippen LogP contribution >= 0.6 is 0 Å². The number of hydrogen-bond donors (Lipinski definition) is 1. The topological polar surface area (TPSA) is 43.6 Å². The van der Waals surface area contributed by atoms with Crippen molar-refractivity contribution in [2.45, 2.75) is 25.9 Å². The van der Waals surface area contributed by atoms with Gasteiger partial charge in [-0.05, 0) is 36.2 Å². The number of furan rings is 1. The first-order valence-electron chi connectivity index (χ1n) is 7.29. The van der Waals surface area contributed by atoms with Gasteiger partial charge >= 0.3 is 0 Å². The zero-order valence-electron chi connectivity index (χ0n) is 12.5. The molecule has 0 amide bonds. The van der Waals surface area contributed by atoms with Crippen LogP contribution < -0.4 is 10.1 Å². The minimum absolute atomic E-state index is 0.0632. The highest BCUT2D eigenvalue weighted by Gasteiger charge is 2.16. The van der Waals surface area contributed by atoms with E-state index in [1.54, 1.807) is 7.11 Å². The quantitative estimate of drug-likeness (QED) is 0.887. The van der Waals surface area contributed by atoms with Crippen LogP contribution in [0.1, 0.15) is 28.7 Å². The molecule has 2 aromatic rings. The summed E-state index contributed by atoms with van der Waals surface area (Å²) in [6, 6.07) is 10.4. The Morgan fingerprint density at radius 2 is 2.19 bits per heavy atom. The van der Waals surface area contributed by atoms with Crippen LogP contribution in [0.25, 0.3) is 0 Å². The van der Waals surface area contributed by atoms with E-state index in [2.05, 4.69) is 23.5 Å². The summed E-state index contributed by atoms with van der Waals surface area (Å²) in [4.78, 5) is 0. The third kappa shape index (κ3) is 3.28. The average Bonchev–Trinajstić information content (AvgIpc) is 3.11. The molecule has 1 aromatic carbocycles. The van der Waals surface area contributed by atoms with Gasteiger partial charge in [0.05, 0.1) is 19.3 Å². The van der Waals surface area contributed by atoms with Crippen molar-refractivity contribution in [3.05, 3.63) is 53.0 Å². The minimum Gasteiger partial charge on any atom is -0.493 e. The van der Waals surface area contributed by atoms with E-state index in [9.17, 15) is 0 Å². The van der Waals surface area contributed by atoms with Gasteiger partial charge < -0.3 is 19.2 Å². The summed E-state index contributed by atoms with van der Waals surface area (Å²) in [5, 5.41) is 3.50. The van der Waals surface area contributed by atoms with Crippen LogP contribution in [0.3, 0.4) is 0 Å². The predicted octanol–water partition coefficient (Wildman–Crippen LogP) is 3.00. The van der Waals surface area contributed by atoms with Crippen LogP contribution in [0, 0.1) is 6.92 Å². The van der Waals surface area contributed by atoms with Crippen molar-refractivity contribution in [1.82, 2.24) is 5.32 Å². The molecule has 2 heterocycles. The van der Waals surface area contributed by atoms with Gasteiger partial charge in [0, 0.05) is 20.1 Å². The molecule has 3 rings (SSSR count). The van der Waals surface area contributed by atoms with Crippen LogP contribution in [-0.2, 0) is 17.7 Å². The first-order valence-corrected chi connectivity index (χ1v) is 7.29. The molecule has 0 fully saturated rings. The molecule has 4 nitrogen and oxygen atoms in total. The number of aryl methyl sites for hydroxylation is 1. The first kappa shape index (κ1) is 14.2. The number of benzene rings is 1. The Morgan fingerprint density at radius 1 is 1.29 bits per heavy atom. The minimum atomic E-state index is 0.0632. The summed E-state index contributed by atoms with van der Waals surface area (Å²) in [5.74, 6) is 2.86. The molecule has 1 aromatic heterocycles. The maximum absolute atomic E-state index is 5.70. The number of hydrogen-bond acceptors (Lipinski definition) is 4. The molecule has 0 bridgehead atoms. The zero-order valence-corrected chi connectivity index (χ0v) is 12.5. The van der Waals surface area contributed by atoms with Crippen molar-refractivity contribution in [2.24, 2.45) is 0 Å². The summed E-state index contributed by atoms with van der Waals surface area (Å²) in [6.07, 6.45) is 1.00. The molecule has 0 unspecified atom stereocenters. The molecule has 0 saturated heterocycles. The van der Waals surface area contributed by atoms with E-state index < -0.39 is 0 Å². The average molecular weight is 287 g/mol. The first-order chi connectivity index (χ1) is 10.3. The number of fused-ring (bicyclic) bond motifs is 1. The highest BCUT2D eigenvalue weighted by atomic mass is 16.5. The van der Waals surface area contributed by atoms with E-state index in [4.69, 9.17) is 13.9 Å². The van der Waals surface area contributed by atoms with Crippen molar-refractivity contribution in [2.75, 3.05) is 20.3 Å². The Balaban J connectivity index is 1.66. The summed E-state index contributed by atoms with van der Waals surface area (Å²) < 4.78 is 16.5. The van der Waals surface area contributed by atoms with Gasteiger partial charge in [-0.1, -0.05) is 12.1 Å². The molecule has 112 valence electrons. The number of rotatable bonds is 6. The van der Waals surface area contributed by atoms with E-state index in [0.29, 0.717) is 6.61 Å². The van der Waals surface area contributed by atoms with E-state index in [1.807, 2.05) is 19.1 Å². The molecule has 0 radical (unpaired) electrons. The van der Waals surface area contributed by atoms with Gasteiger partial charge in [0.1, 0.15) is 17.3 Å². The van der Waals surface area contributed by atoms with Gasteiger partial charge in [0.25, 0.3) is 0 Å². The maximum Gasteiger partial charge on any atom is 0.123 e. The monoisotopic (exact) mass is 287 g/mol. The van der Waals surface area contributed by atoms with Gasteiger partial charge in [-0.25, -0.2) is 0 Å². The number of ether oxygens (including phenoxy) is 2. The predicted molar refractivity (Wildman–Crippen MR) is 80.5 cm³/mol. The fourth-order valence-corrected chi connectivity index (χ4v) is 2.64. The lowest BCUT2D eigenvalue weighted by Crippen LogP contribution is -2.24. The van der Waals surface area contributed by atoms with Gasteiger partial charge in [-0.15, -0.1) is 0 Å². The van der Waals surface area contributed by atoms with Gasteiger partial charge in [-0.2, -0.15) is 0 Å². The summed E-state index contributed by atoms with van der Waals surface area (Å²) >= 11 is 0. The molecule has 0 aliphatic carbocycles. The second-order valence-corrected chi connectivity index (χ2v) is 5.38. The summed E-state index contributed by atoms with van der Waals surface area (Å²) in [6.45, 7) is 4.11. The standard InChI is InChI=1S/C17H21NO3/c1-12-3-5-17(21-12)15(11-19-2)18-10-13-4-6-16-14(9-13)7-8-20-16/h3-6,9,15,18H,7-8,10-11H2,1-2H3/t15-/m1/s1. The zero-order chi connectivity index (χ0) is 14.7. The van der Waals surface area contributed by atoms with Crippen LogP contribution in [0.2, 0.25) is 0 Å². The molecule has 1 aliphatic rings. The van der Waals surface area contributed by atoms with Gasteiger partial charge in [-0.3, -0.25) is 0 Å². The number of nitrogens with one attached hydrogen (secondary N) is 1. The van der Waals surface area contributed by atoms with Crippen LogP contribution in [-0.4, -0.2) is 20.3 Å². The molecule has 4 heteroatoms. The van der Waals surface area contributed by atoms with Crippen LogP contribution in [0.4, 0.5) is 0 Å². The molecule has 21 heavy (non-hydrogen) atoms. The largest absolute Gasteiger partial charge is 0.493 e. The van der Waals surface area contributed by atoms with Crippen molar-refractivity contribution < 1.29 is 13.9 Å². The van der Waals surface area contributed by atoms with Gasteiger partial charge in [0.15, 0.2) is 0 Å². The Morgan fingerprint density at radius 3 is 2.95 bits per heavy atom. The second kappa shape index (κ2) is 6.33. The van der Waals surface area contributed by atoms with Crippen molar-refractivity contribution in [3.63, 3.8) is 0 Å². The fourth-order valence-electron chi connectivity index (χ4n) is 2.64. The molecule has 1 atom stereocenters. The Hall–Kier alpha value is -1.78. The Labute approximate surface area is 125 Å². The highest BCUT2D eigenvalue weighted by Crippen LogP contribution is 2.26. The lowest BCUT2D eigenvalue weighted by molar-refractivity contribution is 0.156. The highest BCUT2D eigenvalue weighted by molar-refractivity contribution is 5.39. The SMILES string of the molecule is COC[C@@H](NCc1ccc2c(c1)CCO2)c1ccc(C)o1. The third-order valence-electron chi connectivity index (χ3n) is 3.74. The fraction of sp³-hybridized carbons (Fsp3) is 0.412. The van der Waals surface area contributed by atoms with Crippen LogP contribution in [0.5, 0.6) is 5.75 Å². The molecular weight excluding hydrogens is 266 g/mol. The van der Waals surface area contributed by atoms with Crippen LogP contribution in [0.15, 0.2) is 34.7 Å². The third-order valence-corrected chi connectivity index (χ3v) is 3.74. The molecular formula is C17H21NO3. The van der Waals surface area contributed by atoms with E-state index in [1.165, 1.54) is 11.1 Å². The lowest BCUT2D eigenvalue weighted by Gasteiger charge is -2.16. The Kier molecular flexibility index (Phi) is 4.27. The normalized spacial score (nSPS) is 14.8. The molecule has 0 saturated carbocycles. The molecule has 1 N–H and O–H groups in total. The maximum atomic E-state index is 5.70. The van der Waals surface area contributed by atoms with Crippen molar-refractivity contribution in [3.8, 4) is 5.75 Å². The van der Waals surface area contributed by atoms with Crippen molar-refractivity contribution in [1.29, 1.82) is 0 Å². The van der Waals surface area contributed by atoms with E-state index >= 15 is 0 Å². The van der Waals surface area contributed by atoms with Gasteiger partial charge in [0.2, 0.25) is 0 Å².